The van der Waals surface area contributed by atoms with E-state index >= 15 is 0 Å². The lowest BCUT2D eigenvalue weighted by Crippen LogP contribution is -2.23. The summed E-state index contributed by atoms with van der Waals surface area (Å²) >= 11 is 0. The molecule has 0 N–H and O–H groups in total. The summed E-state index contributed by atoms with van der Waals surface area (Å²) in [6, 6.07) is 17.7. The highest BCUT2D eigenvalue weighted by molar-refractivity contribution is 6.09. The fourth-order valence-electron chi connectivity index (χ4n) is 3.68. The number of hydrogen-bond acceptors (Lipinski definition) is 0. The monoisotopic (exact) mass is 266 g/mol. The van der Waals surface area contributed by atoms with Crippen molar-refractivity contribution >= 4 is 33.2 Å². The van der Waals surface area contributed by atoms with Crippen LogP contribution in [0, 0.1) is 0 Å². The van der Waals surface area contributed by atoms with E-state index in [1.54, 1.807) is 0 Å². The second-order valence-electron chi connectivity index (χ2n) is 5.79. The lowest BCUT2D eigenvalue weighted by molar-refractivity contribution is 1.37. The number of benzene rings is 3. The standard InChI is InChI=1S/C21H14/c1-3-7-18-14(5-1)9-10-15-11-12-17-13-16-6-2-4-8-19(16)21(17)20(15)18/h1-7,9-13H,8H2. The van der Waals surface area contributed by atoms with Gasteiger partial charge in [-0.1, -0.05) is 66.8 Å². The van der Waals surface area contributed by atoms with Gasteiger partial charge in [0, 0.05) is 0 Å². The molecule has 0 aliphatic heterocycles. The second-order valence-corrected chi connectivity index (χ2v) is 5.79. The van der Waals surface area contributed by atoms with Crippen molar-refractivity contribution in [3.05, 3.63) is 82.8 Å². The number of hydrogen-bond donors (Lipinski definition) is 0. The van der Waals surface area contributed by atoms with Gasteiger partial charge in [-0.05, 0) is 55.6 Å². The summed E-state index contributed by atoms with van der Waals surface area (Å²) in [6.45, 7) is 0. The van der Waals surface area contributed by atoms with E-state index in [1.165, 1.54) is 43.1 Å². The smallest absolute Gasteiger partial charge is 0.00237 e. The first-order chi connectivity index (χ1) is 10.4. The topological polar surface area (TPSA) is 0 Å². The maximum atomic E-state index is 2.33. The molecule has 0 amide bonds. The molecule has 0 bridgehead atoms. The van der Waals surface area contributed by atoms with Crippen LogP contribution >= 0.6 is 0 Å². The molecule has 5 rings (SSSR count). The molecule has 2 aliphatic carbocycles. The molecule has 0 radical (unpaired) electrons. The molecule has 98 valence electrons. The maximum absolute atomic E-state index is 2.33. The first-order valence-electron chi connectivity index (χ1n) is 7.44. The molecule has 3 aromatic carbocycles. The lowest BCUT2D eigenvalue weighted by atomic mass is 9.95. The molecule has 0 saturated carbocycles. The van der Waals surface area contributed by atoms with Gasteiger partial charge in [0.25, 0.3) is 0 Å². The second kappa shape index (κ2) is 3.95. The third-order valence-corrected chi connectivity index (χ3v) is 4.64. The largest absolute Gasteiger partial charge is 0.0801 e. The summed E-state index contributed by atoms with van der Waals surface area (Å²) in [6.07, 6.45) is 10.0. The van der Waals surface area contributed by atoms with E-state index < -0.39 is 0 Å². The number of fused-ring (bicyclic) bond motifs is 6. The normalized spacial score (nSPS) is 15.8. The van der Waals surface area contributed by atoms with Gasteiger partial charge in [-0.3, -0.25) is 0 Å². The van der Waals surface area contributed by atoms with Crippen molar-refractivity contribution < 1.29 is 0 Å². The van der Waals surface area contributed by atoms with Crippen LogP contribution in [-0.2, 0) is 0 Å². The first-order valence-corrected chi connectivity index (χ1v) is 7.44. The summed E-state index contributed by atoms with van der Waals surface area (Å²) in [4.78, 5) is 0. The van der Waals surface area contributed by atoms with Gasteiger partial charge in [-0.15, -0.1) is 0 Å². The summed E-state index contributed by atoms with van der Waals surface area (Å²) in [7, 11) is 0. The summed E-state index contributed by atoms with van der Waals surface area (Å²) in [5, 5.41) is 8.25. The zero-order chi connectivity index (χ0) is 13.8. The van der Waals surface area contributed by atoms with Gasteiger partial charge in [-0.25, -0.2) is 0 Å². The summed E-state index contributed by atoms with van der Waals surface area (Å²) < 4.78 is 0. The van der Waals surface area contributed by atoms with Gasteiger partial charge in [0.2, 0.25) is 0 Å². The van der Waals surface area contributed by atoms with Crippen molar-refractivity contribution in [2.45, 2.75) is 6.42 Å². The van der Waals surface area contributed by atoms with E-state index in [-0.39, 0.29) is 0 Å². The molecular formula is C21H14. The molecule has 21 heavy (non-hydrogen) atoms. The minimum atomic E-state index is 1.04. The van der Waals surface area contributed by atoms with E-state index in [2.05, 4.69) is 72.8 Å². The average Bonchev–Trinajstić information content (AvgIpc) is 2.93. The third-order valence-electron chi connectivity index (χ3n) is 4.64. The molecule has 0 nitrogen and oxygen atoms in total. The SMILES string of the molecule is C1=CCC2=c3c(ccc4ccc5ccccc5c34)=CC2=C1. The zero-order valence-corrected chi connectivity index (χ0v) is 11.6. The Morgan fingerprint density at radius 1 is 0.810 bits per heavy atom. The molecule has 3 aromatic rings. The molecule has 0 aromatic heterocycles. The predicted molar refractivity (Wildman–Crippen MR) is 90.4 cm³/mol. The summed E-state index contributed by atoms with van der Waals surface area (Å²) in [5.74, 6) is 0. The van der Waals surface area contributed by atoms with Crippen molar-refractivity contribution in [3.8, 4) is 0 Å². The average molecular weight is 266 g/mol. The molecular weight excluding hydrogens is 252 g/mol. The van der Waals surface area contributed by atoms with E-state index in [4.69, 9.17) is 0 Å². The van der Waals surface area contributed by atoms with Crippen LogP contribution in [0.4, 0.5) is 0 Å². The molecule has 0 fully saturated rings. The fraction of sp³-hybridized carbons (Fsp3) is 0.0476. The molecule has 0 heteroatoms. The van der Waals surface area contributed by atoms with Crippen LogP contribution in [0.5, 0.6) is 0 Å². The highest BCUT2D eigenvalue weighted by Crippen LogP contribution is 2.27. The minimum Gasteiger partial charge on any atom is -0.0801 e. The van der Waals surface area contributed by atoms with Crippen LogP contribution in [0.25, 0.3) is 33.2 Å². The van der Waals surface area contributed by atoms with E-state index in [1.807, 2.05) is 0 Å². The van der Waals surface area contributed by atoms with Crippen LogP contribution in [0.1, 0.15) is 6.42 Å². The maximum Gasteiger partial charge on any atom is -0.00237 e. The van der Waals surface area contributed by atoms with Crippen LogP contribution in [-0.4, -0.2) is 0 Å². The Morgan fingerprint density at radius 3 is 2.67 bits per heavy atom. The van der Waals surface area contributed by atoms with Crippen molar-refractivity contribution in [2.75, 3.05) is 0 Å². The van der Waals surface area contributed by atoms with Crippen LogP contribution in [0.15, 0.2) is 72.3 Å². The predicted octanol–water partition coefficient (Wildman–Crippen LogP) is 3.82. The van der Waals surface area contributed by atoms with E-state index in [0.717, 1.165) is 6.42 Å². The van der Waals surface area contributed by atoms with Crippen LogP contribution in [0.2, 0.25) is 0 Å². The Bertz CT molecular complexity index is 1090. The first kappa shape index (κ1) is 11.1. The number of rotatable bonds is 0. The Morgan fingerprint density at radius 2 is 1.67 bits per heavy atom. The Kier molecular flexibility index (Phi) is 2.09. The zero-order valence-electron chi connectivity index (χ0n) is 11.6. The van der Waals surface area contributed by atoms with Crippen molar-refractivity contribution in [3.63, 3.8) is 0 Å². The molecule has 0 saturated heterocycles. The van der Waals surface area contributed by atoms with E-state index in [0.29, 0.717) is 0 Å². The molecule has 0 unspecified atom stereocenters. The van der Waals surface area contributed by atoms with Crippen molar-refractivity contribution in [2.24, 2.45) is 0 Å². The lowest BCUT2D eigenvalue weighted by Gasteiger charge is -2.09. The Labute approximate surface area is 123 Å². The van der Waals surface area contributed by atoms with Gasteiger partial charge in [0.05, 0.1) is 0 Å². The van der Waals surface area contributed by atoms with Gasteiger partial charge < -0.3 is 0 Å². The van der Waals surface area contributed by atoms with Gasteiger partial charge in [-0.2, -0.15) is 0 Å². The van der Waals surface area contributed by atoms with Gasteiger partial charge in [0.15, 0.2) is 0 Å². The molecule has 2 aliphatic rings. The van der Waals surface area contributed by atoms with Crippen LogP contribution < -0.4 is 10.4 Å². The van der Waals surface area contributed by atoms with Crippen LogP contribution in [0.3, 0.4) is 0 Å². The summed E-state index contributed by atoms with van der Waals surface area (Å²) in [5.41, 5.74) is 2.86. The molecule has 0 spiro atoms. The van der Waals surface area contributed by atoms with Gasteiger partial charge >= 0.3 is 0 Å². The van der Waals surface area contributed by atoms with E-state index in [9.17, 15) is 0 Å². The highest BCUT2D eigenvalue weighted by atomic mass is 14.2. The van der Waals surface area contributed by atoms with Crippen molar-refractivity contribution in [1.82, 2.24) is 0 Å². The third kappa shape index (κ3) is 1.45. The quantitative estimate of drug-likeness (QED) is 0.543. The number of allylic oxidation sites excluding steroid dienone is 4. The minimum absolute atomic E-state index is 1.04. The van der Waals surface area contributed by atoms with Gasteiger partial charge in [0.1, 0.15) is 0 Å². The Balaban J connectivity index is 2.13. The fourth-order valence-corrected chi connectivity index (χ4v) is 3.68. The van der Waals surface area contributed by atoms with Crippen molar-refractivity contribution in [1.29, 1.82) is 0 Å². The highest BCUT2D eigenvalue weighted by Gasteiger charge is 2.14. The molecule has 0 heterocycles. The Hall–Kier alpha value is -2.60. The molecule has 0 atom stereocenters.